The van der Waals surface area contributed by atoms with Gasteiger partial charge in [-0.3, -0.25) is 9.59 Å². The van der Waals surface area contributed by atoms with E-state index < -0.39 is 12.0 Å². The second-order valence-corrected chi connectivity index (χ2v) is 6.00. The summed E-state index contributed by atoms with van der Waals surface area (Å²) >= 11 is 0. The molecule has 0 aromatic heterocycles. The lowest BCUT2D eigenvalue weighted by atomic mass is 9.98. The zero-order chi connectivity index (χ0) is 17.5. The molecule has 2 N–H and O–H groups in total. The van der Waals surface area contributed by atoms with E-state index in [1.807, 2.05) is 56.3 Å². The molecule has 0 spiro atoms. The molecule has 0 heterocycles. The first-order valence-corrected chi connectivity index (χ1v) is 8.08. The molecule has 4 heteroatoms. The Morgan fingerprint density at radius 1 is 1.04 bits per heavy atom. The molecule has 1 atom stereocenters. The van der Waals surface area contributed by atoms with E-state index in [9.17, 15) is 9.59 Å². The van der Waals surface area contributed by atoms with Gasteiger partial charge in [0, 0.05) is 5.56 Å². The van der Waals surface area contributed by atoms with Gasteiger partial charge in [0.2, 0.25) is 0 Å². The molecule has 126 valence electrons. The first kappa shape index (κ1) is 17.9. The van der Waals surface area contributed by atoms with Gasteiger partial charge in [0.1, 0.15) is 0 Å². The van der Waals surface area contributed by atoms with Gasteiger partial charge in [-0.15, -0.1) is 0 Å². The molecule has 0 amide bonds. The van der Waals surface area contributed by atoms with Crippen molar-refractivity contribution in [1.82, 2.24) is 5.32 Å². The lowest BCUT2D eigenvalue weighted by molar-refractivity contribution is -0.137. The van der Waals surface area contributed by atoms with Crippen molar-refractivity contribution in [2.75, 3.05) is 6.54 Å². The standard InChI is InChI=1S/C20H23NO3/c1-14-8-9-17(12-15(14)2)20(24)18(13-19(22)23)21-11-10-16-6-4-3-5-7-16/h3-9,12,18,21H,10-11,13H2,1-2H3,(H,22,23). The molecule has 1 unspecified atom stereocenters. The Labute approximate surface area is 142 Å². The number of rotatable bonds is 8. The van der Waals surface area contributed by atoms with E-state index in [0.717, 1.165) is 23.1 Å². The zero-order valence-corrected chi connectivity index (χ0v) is 14.1. The molecule has 0 saturated carbocycles. The minimum Gasteiger partial charge on any atom is -0.481 e. The van der Waals surface area contributed by atoms with E-state index in [1.54, 1.807) is 6.07 Å². The number of hydrogen-bond donors (Lipinski definition) is 2. The summed E-state index contributed by atoms with van der Waals surface area (Å²) in [7, 11) is 0. The number of hydrogen-bond acceptors (Lipinski definition) is 3. The van der Waals surface area contributed by atoms with Crippen LogP contribution in [0.2, 0.25) is 0 Å². The number of carboxylic acids is 1. The van der Waals surface area contributed by atoms with Gasteiger partial charge in [-0.25, -0.2) is 0 Å². The zero-order valence-electron chi connectivity index (χ0n) is 14.1. The van der Waals surface area contributed by atoms with Gasteiger partial charge >= 0.3 is 5.97 Å². The number of ketones is 1. The Morgan fingerprint density at radius 2 is 1.75 bits per heavy atom. The third-order valence-electron chi connectivity index (χ3n) is 4.13. The second-order valence-electron chi connectivity index (χ2n) is 6.00. The van der Waals surface area contributed by atoms with Crippen LogP contribution in [0.5, 0.6) is 0 Å². The summed E-state index contributed by atoms with van der Waals surface area (Å²) in [5, 5.41) is 12.2. The van der Waals surface area contributed by atoms with Crippen LogP contribution in [0.1, 0.15) is 33.5 Å². The summed E-state index contributed by atoms with van der Waals surface area (Å²) in [6, 6.07) is 14.7. The molecule has 0 fully saturated rings. The second kappa shape index (κ2) is 8.41. The quantitative estimate of drug-likeness (QED) is 0.732. The Morgan fingerprint density at radius 3 is 2.38 bits per heavy atom. The third-order valence-corrected chi connectivity index (χ3v) is 4.13. The van der Waals surface area contributed by atoms with Crippen LogP contribution in [-0.4, -0.2) is 29.4 Å². The summed E-state index contributed by atoms with van der Waals surface area (Å²) in [5.74, 6) is -1.15. The molecule has 0 aliphatic heterocycles. The molecule has 0 aliphatic rings. The molecule has 2 rings (SSSR count). The van der Waals surface area contributed by atoms with Crippen LogP contribution in [0.25, 0.3) is 0 Å². The number of carbonyl (C=O) groups is 2. The van der Waals surface area contributed by atoms with Crippen molar-refractivity contribution in [2.45, 2.75) is 32.7 Å². The molecule has 24 heavy (non-hydrogen) atoms. The number of Topliss-reactive ketones (excluding diaryl/α,β-unsaturated/α-hetero) is 1. The van der Waals surface area contributed by atoms with E-state index in [4.69, 9.17) is 5.11 Å². The number of benzene rings is 2. The Hall–Kier alpha value is -2.46. The van der Waals surface area contributed by atoms with Gasteiger partial charge in [-0.1, -0.05) is 42.5 Å². The molecule has 4 nitrogen and oxygen atoms in total. The van der Waals surface area contributed by atoms with Gasteiger partial charge < -0.3 is 10.4 Å². The predicted molar refractivity (Wildman–Crippen MR) is 94.4 cm³/mol. The van der Waals surface area contributed by atoms with Crippen LogP contribution in [0.3, 0.4) is 0 Å². The average Bonchev–Trinajstić information content (AvgIpc) is 2.56. The van der Waals surface area contributed by atoms with Crippen LogP contribution in [0, 0.1) is 13.8 Å². The fourth-order valence-corrected chi connectivity index (χ4v) is 2.56. The lowest BCUT2D eigenvalue weighted by Gasteiger charge is -2.16. The molecule has 0 radical (unpaired) electrons. The minimum atomic E-state index is -0.982. The van der Waals surface area contributed by atoms with Crippen molar-refractivity contribution in [1.29, 1.82) is 0 Å². The predicted octanol–water partition coefficient (Wildman–Crippen LogP) is 3.16. The van der Waals surface area contributed by atoms with Crippen molar-refractivity contribution in [3.8, 4) is 0 Å². The molecule has 0 saturated heterocycles. The van der Waals surface area contributed by atoms with E-state index in [-0.39, 0.29) is 12.2 Å². The molecule has 2 aromatic carbocycles. The molecular weight excluding hydrogens is 302 g/mol. The number of carboxylic acid groups (broad SMARTS) is 1. The topological polar surface area (TPSA) is 66.4 Å². The maximum Gasteiger partial charge on any atom is 0.305 e. The molecule has 2 aromatic rings. The maximum atomic E-state index is 12.7. The number of aliphatic carboxylic acids is 1. The number of aryl methyl sites for hydroxylation is 2. The van der Waals surface area contributed by atoms with Gasteiger partial charge in [0.15, 0.2) is 5.78 Å². The lowest BCUT2D eigenvalue weighted by Crippen LogP contribution is -2.39. The van der Waals surface area contributed by atoms with Crippen LogP contribution in [0.15, 0.2) is 48.5 Å². The fraction of sp³-hybridized carbons (Fsp3) is 0.300. The average molecular weight is 325 g/mol. The first-order valence-electron chi connectivity index (χ1n) is 8.08. The van der Waals surface area contributed by atoms with Crippen LogP contribution < -0.4 is 5.32 Å². The summed E-state index contributed by atoms with van der Waals surface area (Å²) in [4.78, 5) is 23.8. The van der Waals surface area contributed by atoms with E-state index >= 15 is 0 Å². The third kappa shape index (κ3) is 5.03. The smallest absolute Gasteiger partial charge is 0.305 e. The largest absolute Gasteiger partial charge is 0.481 e. The highest BCUT2D eigenvalue weighted by Crippen LogP contribution is 2.13. The highest BCUT2D eigenvalue weighted by molar-refractivity contribution is 6.01. The van der Waals surface area contributed by atoms with Crippen molar-refractivity contribution >= 4 is 11.8 Å². The normalized spacial score (nSPS) is 11.9. The Kier molecular flexibility index (Phi) is 6.27. The van der Waals surface area contributed by atoms with Gasteiger partial charge in [-0.2, -0.15) is 0 Å². The van der Waals surface area contributed by atoms with Crippen LogP contribution >= 0.6 is 0 Å². The van der Waals surface area contributed by atoms with Crippen molar-refractivity contribution in [3.05, 3.63) is 70.8 Å². The van der Waals surface area contributed by atoms with Gasteiger partial charge in [-0.05, 0) is 49.6 Å². The number of carbonyl (C=O) groups excluding carboxylic acids is 1. The summed E-state index contributed by atoms with van der Waals surface area (Å²) in [6.45, 7) is 4.48. The van der Waals surface area contributed by atoms with Gasteiger partial charge in [0.25, 0.3) is 0 Å². The van der Waals surface area contributed by atoms with Crippen LogP contribution in [-0.2, 0) is 11.2 Å². The fourth-order valence-electron chi connectivity index (χ4n) is 2.56. The van der Waals surface area contributed by atoms with Crippen molar-refractivity contribution in [3.63, 3.8) is 0 Å². The maximum absolute atomic E-state index is 12.7. The Bertz CT molecular complexity index is 710. The Balaban J connectivity index is 2.04. The van der Waals surface area contributed by atoms with Crippen molar-refractivity contribution in [2.24, 2.45) is 0 Å². The first-order chi connectivity index (χ1) is 11.5. The van der Waals surface area contributed by atoms with Crippen LogP contribution in [0.4, 0.5) is 0 Å². The van der Waals surface area contributed by atoms with E-state index in [0.29, 0.717) is 12.1 Å². The molecular formula is C20H23NO3. The number of nitrogens with one attached hydrogen (secondary N) is 1. The highest BCUT2D eigenvalue weighted by atomic mass is 16.4. The monoisotopic (exact) mass is 325 g/mol. The molecule has 0 aliphatic carbocycles. The highest BCUT2D eigenvalue weighted by Gasteiger charge is 2.22. The SMILES string of the molecule is Cc1ccc(C(=O)C(CC(=O)O)NCCc2ccccc2)cc1C. The van der Waals surface area contributed by atoms with E-state index in [1.165, 1.54) is 0 Å². The summed E-state index contributed by atoms with van der Waals surface area (Å²) in [6.07, 6.45) is 0.526. The minimum absolute atomic E-state index is 0.173. The van der Waals surface area contributed by atoms with Gasteiger partial charge in [0.05, 0.1) is 12.5 Å². The van der Waals surface area contributed by atoms with E-state index in [2.05, 4.69) is 5.32 Å². The summed E-state index contributed by atoms with van der Waals surface area (Å²) < 4.78 is 0. The van der Waals surface area contributed by atoms with Crippen molar-refractivity contribution < 1.29 is 14.7 Å². The summed E-state index contributed by atoms with van der Waals surface area (Å²) in [5.41, 5.74) is 3.84. The molecule has 0 bridgehead atoms.